The van der Waals surface area contributed by atoms with Crippen molar-refractivity contribution in [3.63, 3.8) is 0 Å². The zero-order chi connectivity index (χ0) is 12.1. The van der Waals surface area contributed by atoms with E-state index in [4.69, 9.17) is 9.84 Å². The van der Waals surface area contributed by atoms with Crippen LogP contribution >= 0.6 is 0 Å². The van der Waals surface area contributed by atoms with Gasteiger partial charge in [-0.05, 0) is 13.1 Å². The lowest BCUT2D eigenvalue weighted by Gasteiger charge is -2.15. The quantitative estimate of drug-likeness (QED) is 0.825. The second kappa shape index (κ2) is 5.46. The Morgan fingerprint density at radius 2 is 2.25 bits per heavy atom. The molecular weight excluding hydrogens is 213 g/mol. The van der Waals surface area contributed by atoms with Crippen molar-refractivity contribution >= 4 is 5.97 Å². The van der Waals surface area contributed by atoms with Gasteiger partial charge in [0.05, 0.1) is 13.7 Å². The number of carbonyl (C=O) groups is 1. The van der Waals surface area contributed by atoms with Gasteiger partial charge >= 0.3 is 5.97 Å². The molecule has 0 amide bonds. The Hall–Kier alpha value is -1.62. The molecule has 88 valence electrons. The van der Waals surface area contributed by atoms with Crippen LogP contribution in [0, 0.1) is 5.82 Å². The summed E-state index contributed by atoms with van der Waals surface area (Å²) in [5.74, 6) is -1.21. The molecule has 0 unspecified atom stereocenters. The molecule has 4 nitrogen and oxygen atoms in total. The highest BCUT2D eigenvalue weighted by Crippen LogP contribution is 2.20. The summed E-state index contributed by atoms with van der Waals surface area (Å²) in [5.41, 5.74) is 0.420. The van der Waals surface area contributed by atoms with Gasteiger partial charge < -0.3 is 9.84 Å². The van der Waals surface area contributed by atoms with Crippen LogP contribution in [0.5, 0.6) is 5.75 Å². The van der Waals surface area contributed by atoms with Crippen LogP contribution in [0.4, 0.5) is 4.39 Å². The lowest BCUT2D eigenvalue weighted by atomic mass is 10.2. The van der Waals surface area contributed by atoms with E-state index in [1.54, 1.807) is 19.2 Å². The van der Waals surface area contributed by atoms with Gasteiger partial charge in [-0.25, -0.2) is 4.39 Å². The third-order valence-electron chi connectivity index (χ3n) is 2.11. The fraction of sp³-hybridized carbons (Fsp3) is 0.364. The summed E-state index contributed by atoms with van der Waals surface area (Å²) < 4.78 is 18.5. The van der Waals surface area contributed by atoms with Crippen LogP contribution in [0.25, 0.3) is 0 Å². The highest BCUT2D eigenvalue weighted by atomic mass is 19.1. The standard InChI is InChI=1S/C11H14FNO3/c1-13(7-10(14)15)6-8-4-3-5-9(16-2)11(8)12/h3-5H,6-7H2,1-2H3,(H,14,15). The van der Waals surface area contributed by atoms with E-state index in [1.807, 2.05) is 0 Å². The van der Waals surface area contributed by atoms with Crippen LogP contribution in [-0.4, -0.2) is 36.7 Å². The van der Waals surface area contributed by atoms with E-state index in [-0.39, 0.29) is 18.8 Å². The zero-order valence-corrected chi connectivity index (χ0v) is 9.24. The Kier molecular flexibility index (Phi) is 4.25. The number of hydrogen-bond acceptors (Lipinski definition) is 3. The third kappa shape index (κ3) is 3.20. The van der Waals surface area contributed by atoms with Crippen molar-refractivity contribution in [3.05, 3.63) is 29.6 Å². The van der Waals surface area contributed by atoms with Gasteiger partial charge in [0, 0.05) is 12.1 Å². The fourth-order valence-corrected chi connectivity index (χ4v) is 1.41. The fourth-order valence-electron chi connectivity index (χ4n) is 1.41. The number of ether oxygens (including phenoxy) is 1. The highest BCUT2D eigenvalue weighted by Gasteiger charge is 2.11. The average molecular weight is 227 g/mol. The molecular formula is C11H14FNO3. The summed E-state index contributed by atoms with van der Waals surface area (Å²) in [6.07, 6.45) is 0. The van der Waals surface area contributed by atoms with Crippen molar-refractivity contribution in [2.24, 2.45) is 0 Å². The molecule has 0 aliphatic rings. The molecule has 0 atom stereocenters. The molecule has 1 rings (SSSR count). The number of halogens is 1. The minimum atomic E-state index is -0.939. The van der Waals surface area contributed by atoms with Crippen molar-refractivity contribution in [1.82, 2.24) is 4.90 Å². The second-order valence-electron chi connectivity index (χ2n) is 3.50. The van der Waals surface area contributed by atoms with Crippen molar-refractivity contribution in [3.8, 4) is 5.75 Å². The van der Waals surface area contributed by atoms with Gasteiger partial charge in [-0.15, -0.1) is 0 Å². The molecule has 1 aromatic rings. The maximum atomic E-state index is 13.7. The van der Waals surface area contributed by atoms with Gasteiger partial charge in [0.25, 0.3) is 0 Å². The number of hydrogen-bond donors (Lipinski definition) is 1. The number of likely N-dealkylation sites (N-methyl/N-ethyl adjacent to an activating group) is 1. The number of methoxy groups -OCH3 is 1. The molecule has 0 spiro atoms. The number of carboxylic acids is 1. The molecule has 1 aromatic carbocycles. The molecule has 0 aliphatic carbocycles. The van der Waals surface area contributed by atoms with Crippen LogP contribution in [0.3, 0.4) is 0 Å². The first-order chi connectivity index (χ1) is 7.54. The van der Waals surface area contributed by atoms with Crippen LogP contribution in [0.15, 0.2) is 18.2 Å². The lowest BCUT2D eigenvalue weighted by molar-refractivity contribution is -0.138. The smallest absolute Gasteiger partial charge is 0.317 e. The van der Waals surface area contributed by atoms with E-state index in [9.17, 15) is 9.18 Å². The van der Waals surface area contributed by atoms with Gasteiger partial charge in [-0.2, -0.15) is 0 Å². The SMILES string of the molecule is COc1cccc(CN(C)CC(=O)O)c1F. The molecule has 0 radical (unpaired) electrons. The molecule has 0 fully saturated rings. The van der Waals surface area contributed by atoms with E-state index >= 15 is 0 Å². The van der Waals surface area contributed by atoms with E-state index in [0.717, 1.165) is 0 Å². The molecule has 0 bridgehead atoms. The van der Waals surface area contributed by atoms with E-state index in [2.05, 4.69) is 0 Å². The molecule has 0 heterocycles. The Morgan fingerprint density at radius 1 is 1.56 bits per heavy atom. The van der Waals surface area contributed by atoms with E-state index < -0.39 is 11.8 Å². The van der Waals surface area contributed by atoms with Crippen LogP contribution < -0.4 is 4.74 Å². The normalized spacial score (nSPS) is 10.5. The molecule has 0 saturated carbocycles. The summed E-state index contributed by atoms with van der Waals surface area (Å²) in [5, 5.41) is 8.57. The monoisotopic (exact) mass is 227 g/mol. The first-order valence-corrected chi connectivity index (χ1v) is 4.76. The number of nitrogens with zero attached hydrogens (tertiary/aromatic N) is 1. The Labute approximate surface area is 93.3 Å². The number of rotatable bonds is 5. The molecule has 0 saturated heterocycles. The largest absolute Gasteiger partial charge is 0.494 e. The van der Waals surface area contributed by atoms with Crippen LogP contribution in [-0.2, 0) is 11.3 Å². The van der Waals surface area contributed by atoms with Crippen LogP contribution in [0.1, 0.15) is 5.56 Å². The van der Waals surface area contributed by atoms with Gasteiger partial charge in [-0.1, -0.05) is 12.1 Å². The molecule has 0 aliphatic heterocycles. The summed E-state index contributed by atoms with van der Waals surface area (Å²) in [6.45, 7) is 0.103. The highest BCUT2D eigenvalue weighted by molar-refractivity contribution is 5.69. The van der Waals surface area contributed by atoms with Crippen LogP contribution in [0.2, 0.25) is 0 Å². The predicted octanol–water partition coefficient (Wildman–Crippen LogP) is 1.35. The average Bonchev–Trinajstić information content (AvgIpc) is 2.20. The third-order valence-corrected chi connectivity index (χ3v) is 2.11. The van der Waals surface area contributed by atoms with Gasteiger partial charge in [0.1, 0.15) is 0 Å². The van der Waals surface area contributed by atoms with Crippen molar-refractivity contribution in [2.75, 3.05) is 20.7 Å². The first-order valence-electron chi connectivity index (χ1n) is 4.76. The van der Waals surface area contributed by atoms with Crippen molar-refractivity contribution < 1.29 is 19.0 Å². The predicted molar refractivity (Wildman–Crippen MR) is 56.9 cm³/mol. The minimum absolute atomic E-state index is 0.128. The van der Waals surface area contributed by atoms with E-state index in [1.165, 1.54) is 18.1 Å². The maximum absolute atomic E-state index is 13.7. The second-order valence-corrected chi connectivity index (χ2v) is 3.50. The van der Waals surface area contributed by atoms with E-state index in [0.29, 0.717) is 5.56 Å². The lowest BCUT2D eigenvalue weighted by Crippen LogP contribution is -2.25. The summed E-state index contributed by atoms with van der Waals surface area (Å²) in [4.78, 5) is 12.0. The topological polar surface area (TPSA) is 49.8 Å². The summed E-state index contributed by atoms with van der Waals surface area (Å²) >= 11 is 0. The minimum Gasteiger partial charge on any atom is -0.494 e. The van der Waals surface area contributed by atoms with Crippen molar-refractivity contribution in [1.29, 1.82) is 0 Å². The molecule has 5 heteroatoms. The number of benzene rings is 1. The number of carboxylic acid groups (broad SMARTS) is 1. The van der Waals surface area contributed by atoms with Gasteiger partial charge in [0.2, 0.25) is 0 Å². The number of aliphatic carboxylic acids is 1. The summed E-state index contributed by atoms with van der Waals surface area (Å²) in [7, 11) is 3.01. The molecule has 0 aromatic heterocycles. The van der Waals surface area contributed by atoms with Crippen molar-refractivity contribution in [2.45, 2.75) is 6.54 Å². The van der Waals surface area contributed by atoms with Gasteiger partial charge in [-0.3, -0.25) is 9.69 Å². The Morgan fingerprint density at radius 3 is 2.81 bits per heavy atom. The maximum Gasteiger partial charge on any atom is 0.317 e. The first kappa shape index (κ1) is 12.4. The van der Waals surface area contributed by atoms with Gasteiger partial charge in [0.15, 0.2) is 11.6 Å². The molecule has 1 N–H and O–H groups in total. The summed E-state index contributed by atoms with van der Waals surface area (Å²) in [6, 6.07) is 4.80. The Balaban J connectivity index is 2.77. The Bertz CT molecular complexity index is 381. The zero-order valence-electron chi connectivity index (χ0n) is 9.24. The molecule has 16 heavy (non-hydrogen) atoms.